The molecule has 2 aromatic rings. The highest BCUT2D eigenvalue weighted by atomic mass is 16.5. The number of rotatable bonds is 4. The first-order valence-corrected chi connectivity index (χ1v) is 6.99. The van der Waals surface area contributed by atoms with Crippen LogP contribution in [0.25, 0.3) is 0 Å². The second kappa shape index (κ2) is 8.38. The quantitative estimate of drug-likeness (QED) is 0.852. The van der Waals surface area contributed by atoms with Gasteiger partial charge in [-0.15, -0.1) is 0 Å². The number of carbonyl (C=O) groups is 1. The summed E-state index contributed by atoms with van der Waals surface area (Å²) in [5, 5.41) is 5.64. The van der Waals surface area contributed by atoms with E-state index in [0.29, 0.717) is 0 Å². The number of nitrogens with one attached hydrogen (secondary N) is 2. The molecule has 0 saturated carbocycles. The smallest absolute Gasteiger partial charge is 0.408 e. The van der Waals surface area contributed by atoms with Crippen molar-refractivity contribution in [2.24, 2.45) is 0 Å². The van der Waals surface area contributed by atoms with Crippen LogP contribution in [0.5, 0.6) is 0 Å². The third kappa shape index (κ3) is 5.22. The van der Waals surface area contributed by atoms with Crippen LogP contribution in [0.4, 0.5) is 10.5 Å². The topological polar surface area (TPSA) is 50.4 Å². The Morgan fingerprint density at radius 1 is 1.09 bits per heavy atom. The van der Waals surface area contributed by atoms with Crippen LogP contribution in [0.3, 0.4) is 0 Å². The molecular formula is C18H18N2O2. The molecule has 4 heteroatoms. The van der Waals surface area contributed by atoms with Crippen LogP contribution in [-0.4, -0.2) is 19.7 Å². The zero-order valence-electron chi connectivity index (χ0n) is 12.4. The molecule has 0 atom stereocenters. The molecule has 0 aliphatic rings. The highest BCUT2D eigenvalue weighted by Crippen LogP contribution is 2.07. The SMILES string of the molecule is CNc1ccc(C#CCNC(=O)OCc2ccccc2)cc1. The van der Waals surface area contributed by atoms with E-state index in [1.807, 2.05) is 61.6 Å². The van der Waals surface area contributed by atoms with Crippen molar-refractivity contribution >= 4 is 11.8 Å². The second-order valence-corrected chi connectivity index (χ2v) is 4.54. The number of carbonyl (C=O) groups excluding carboxylic acids is 1. The molecule has 0 aliphatic carbocycles. The van der Waals surface area contributed by atoms with Gasteiger partial charge in [-0.05, 0) is 29.8 Å². The summed E-state index contributed by atoms with van der Waals surface area (Å²) in [7, 11) is 1.87. The fourth-order valence-electron chi connectivity index (χ4n) is 1.76. The average Bonchev–Trinajstić information content (AvgIpc) is 2.58. The lowest BCUT2D eigenvalue weighted by atomic mass is 10.2. The predicted octanol–water partition coefficient (Wildman–Crippen LogP) is 3.01. The minimum Gasteiger partial charge on any atom is -0.445 e. The average molecular weight is 294 g/mol. The van der Waals surface area contributed by atoms with E-state index in [2.05, 4.69) is 22.5 Å². The zero-order chi connectivity index (χ0) is 15.6. The summed E-state index contributed by atoms with van der Waals surface area (Å²) in [5.74, 6) is 5.86. The standard InChI is InChI=1S/C18H18N2O2/c1-19-17-11-9-15(10-12-17)8-5-13-20-18(21)22-14-16-6-3-2-4-7-16/h2-4,6-7,9-12,19H,13-14H2,1H3,(H,20,21). The van der Waals surface area contributed by atoms with Crippen LogP contribution in [0, 0.1) is 11.8 Å². The van der Waals surface area contributed by atoms with Gasteiger partial charge in [0.15, 0.2) is 0 Å². The summed E-state index contributed by atoms with van der Waals surface area (Å²) < 4.78 is 5.08. The molecule has 0 unspecified atom stereocenters. The van der Waals surface area contributed by atoms with Crippen LogP contribution in [0.15, 0.2) is 54.6 Å². The first-order chi connectivity index (χ1) is 10.8. The molecule has 0 radical (unpaired) electrons. The van der Waals surface area contributed by atoms with Crippen molar-refractivity contribution in [2.45, 2.75) is 6.61 Å². The molecule has 1 amide bonds. The van der Waals surface area contributed by atoms with Gasteiger partial charge in [-0.1, -0.05) is 42.2 Å². The molecule has 112 valence electrons. The number of hydrogen-bond donors (Lipinski definition) is 2. The molecule has 0 bridgehead atoms. The molecule has 0 fully saturated rings. The van der Waals surface area contributed by atoms with Crippen LogP contribution in [-0.2, 0) is 11.3 Å². The van der Waals surface area contributed by atoms with E-state index >= 15 is 0 Å². The minimum absolute atomic E-state index is 0.251. The van der Waals surface area contributed by atoms with Crippen molar-refractivity contribution < 1.29 is 9.53 Å². The molecule has 4 nitrogen and oxygen atoms in total. The van der Waals surface area contributed by atoms with Gasteiger partial charge in [0.05, 0.1) is 6.54 Å². The molecular weight excluding hydrogens is 276 g/mol. The second-order valence-electron chi connectivity index (χ2n) is 4.54. The van der Waals surface area contributed by atoms with Gasteiger partial charge < -0.3 is 15.4 Å². The summed E-state index contributed by atoms with van der Waals surface area (Å²) in [4.78, 5) is 11.5. The Morgan fingerprint density at radius 2 is 1.82 bits per heavy atom. The van der Waals surface area contributed by atoms with Crippen LogP contribution >= 0.6 is 0 Å². The van der Waals surface area contributed by atoms with Gasteiger partial charge >= 0.3 is 6.09 Å². The lowest BCUT2D eigenvalue weighted by Gasteiger charge is -2.04. The molecule has 2 rings (SSSR count). The third-order valence-electron chi connectivity index (χ3n) is 2.94. The van der Waals surface area contributed by atoms with Gasteiger partial charge in [0.1, 0.15) is 6.61 Å². The predicted molar refractivity (Wildman–Crippen MR) is 87.5 cm³/mol. The Morgan fingerprint density at radius 3 is 2.50 bits per heavy atom. The summed E-state index contributed by atoms with van der Waals surface area (Å²) in [6.07, 6.45) is -0.469. The molecule has 0 saturated heterocycles. The number of benzene rings is 2. The molecule has 2 N–H and O–H groups in total. The Hall–Kier alpha value is -2.93. The largest absolute Gasteiger partial charge is 0.445 e. The zero-order valence-corrected chi connectivity index (χ0v) is 12.4. The Labute approximate surface area is 130 Å². The number of hydrogen-bond acceptors (Lipinski definition) is 3. The Bertz CT molecular complexity index is 655. The van der Waals surface area contributed by atoms with Crippen molar-refractivity contribution in [3.8, 4) is 11.8 Å². The van der Waals surface area contributed by atoms with Gasteiger partial charge in [-0.2, -0.15) is 0 Å². The van der Waals surface area contributed by atoms with Crippen LogP contribution < -0.4 is 10.6 Å². The maximum atomic E-state index is 11.5. The summed E-state index contributed by atoms with van der Waals surface area (Å²) in [5.41, 5.74) is 2.89. The van der Waals surface area contributed by atoms with Crippen molar-refractivity contribution in [3.63, 3.8) is 0 Å². The highest BCUT2D eigenvalue weighted by Gasteiger charge is 2.00. The van der Waals surface area contributed by atoms with E-state index in [4.69, 9.17) is 4.74 Å². The molecule has 0 aromatic heterocycles. The fraction of sp³-hybridized carbons (Fsp3) is 0.167. The monoisotopic (exact) mass is 294 g/mol. The van der Waals surface area contributed by atoms with E-state index in [1.165, 1.54) is 0 Å². The van der Waals surface area contributed by atoms with E-state index in [-0.39, 0.29) is 13.2 Å². The van der Waals surface area contributed by atoms with E-state index in [9.17, 15) is 4.79 Å². The molecule has 0 aliphatic heterocycles. The van der Waals surface area contributed by atoms with E-state index in [1.54, 1.807) is 0 Å². The maximum Gasteiger partial charge on any atom is 0.408 e. The Balaban J connectivity index is 1.71. The van der Waals surface area contributed by atoms with Gasteiger partial charge in [0.25, 0.3) is 0 Å². The number of amides is 1. The van der Waals surface area contributed by atoms with Crippen LogP contribution in [0.1, 0.15) is 11.1 Å². The summed E-state index contributed by atoms with van der Waals surface area (Å²) in [6.45, 7) is 0.507. The molecule has 2 aromatic carbocycles. The Kier molecular flexibility index (Phi) is 5.89. The maximum absolute atomic E-state index is 11.5. The van der Waals surface area contributed by atoms with Crippen molar-refractivity contribution in [1.29, 1.82) is 0 Å². The van der Waals surface area contributed by atoms with Crippen molar-refractivity contribution in [1.82, 2.24) is 5.32 Å². The summed E-state index contributed by atoms with van der Waals surface area (Å²) >= 11 is 0. The molecule has 0 spiro atoms. The van der Waals surface area contributed by atoms with Crippen LogP contribution in [0.2, 0.25) is 0 Å². The third-order valence-corrected chi connectivity index (χ3v) is 2.94. The van der Waals surface area contributed by atoms with Gasteiger partial charge in [0, 0.05) is 18.3 Å². The first-order valence-electron chi connectivity index (χ1n) is 6.99. The molecule has 0 heterocycles. The van der Waals surface area contributed by atoms with E-state index < -0.39 is 6.09 Å². The summed E-state index contributed by atoms with van der Waals surface area (Å²) in [6, 6.07) is 17.3. The minimum atomic E-state index is -0.469. The van der Waals surface area contributed by atoms with Gasteiger partial charge in [-0.25, -0.2) is 4.79 Å². The van der Waals surface area contributed by atoms with Gasteiger partial charge in [-0.3, -0.25) is 0 Å². The lowest BCUT2D eigenvalue weighted by Crippen LogP contribution is -2.24. The normalized spacial score (nSPS) is 9.32. The highest BCUT2D eigenvalue weighted by molar-refractivity contribution is 5.67. The van der Waals surface area contributed by atoms with Crippen molar-refractivity contribution in [3.05, 3.63) is 65.7 Å². The first kappa shape index (κ1) is 15.5. The van der Waals surface area contributed by atoms with E-state index in [0.717, 1.165) is 16.8 Å². The number of alkyl carbamates (subject to hydrolysis) is 1. The molecule has 22 heavy (non-hydrogen) atoms. The lowest BCUT2D eigenvalue weighted by molar-refractivity contribution is 0.141. The van der Waals surface area contributed by atoms with Gasteiger partial charge in [0.2, 0.25) is 0 Å². The number of ether oxygens (including phenoxy) is 1. The fourth-order valence-corrected chi connectivity index (χ4v) is 1.76. The number of anilines is 1. The van der Waals surface area contributed by atoms with Crippen molar-refractivity contribution in [2.75, 3.05) is 18.9 Å².